The van der Waals surface area contributed by atoms with E-state index in [-0.39, 0.29) is 30.3 Å². The Morgan fingerprint density at radius 2 is 0.977 bits per heavy atom. The second-order valence-electron chi connectivity index (χ2n) is 12.7. The predicted molar refractivity (Wildman–Crippen MR) is 179 cm³/mol. The van der Waals surface area contributed by atoms with E-state index in [4.69, 9.17) is 9.47 Å². The first-order chi connectivity index (χ1) is 21.0. The van der Waals surface area contributed by atoms with Crippen molar-refractivity contribution < 1.29 is 28.7 Å². The highest BCUT2D eigenvalue weighted by Gasteiger charge is 2.28. The van der Waals surface area contributed by atoms with E-state index in [0.717, 1.165) is 77.0 Å². The fourth-order valence-corrected chi connectivity index (χ4v) is 4.80. The molecule has 0 aliphatic carbocycles. The van der Waals surface area contributed by atoms with Crippen molar-refractivity contribution in [2.75, 3.05) is 6.61 Å². The van der Waals surface area contributed by atoms with Gasteiger partial charge in [0.1, 0.15) is 18.2 Å². The van der Waals surface area contributed by atoms with E-state index >= 15 is 0 Å². The van der Waals surface area contributed by atoms with Crippen LogP contribution in [0.4, 0.5) is 0 Å². The van der Waals surface area contributed by atoms with Gasteiger partial charge in [0, 0.05) is 19.3 Å². The van der Waals surface area contributed by atoms with Gasteiger partial charge in [-0.2, -0.15) is 0 Å². The van der Waals surface area contributed by atoms with Crippen molar-refractivity contribution in [2.24, 2.45) is 11.8 Å². The number of carbonyl (C=O) groups excluding carboxylic acids is 4. The van der Waals surface area contributed by atoms with Crippen LogP contribution in [0.1, 0.15) is 144 Å². The molecule has 0 aromatic rings. The Labute approximate surface area is 268 Å². The molecule has 0 rings (SSSR count). The van der Waals surface area contributed by atoms with Crippen molar-refractivity contribution in [3.63, 3.8) is 0 Å². The topological polar surface area (TPSA) is 111 Å². The molecule has 0 aliphatic heterocycles. The number of rotatable bonds is 28. The first-order valence-corrected chi connectivity index (χ1v) is 17.2. The van der Waals surface area contributed by atoms with Crippen molar-refractivity contribution in [2.45, 2.75) is 162 Å². The summed E-state index contributed by atoms with van der Waals surface area (Å²) in [7, 11) is 0. The quantitative estimate of drug-likeness (QED) is 0.0526. The van der Waals surface area contributed by atoms with Crippen LogP contribution in [0.2, 0.25) is 0 Å². The summed E-state index contributed by atoms with van der Waals surface area (Å²) >= 11 is 0. The molecule has 254 valence electrons. The van der Waals surface area contributed by atoms with Gasteiger partial charge in [0.15, 0.2) is 0 Å². The van der Waals surface area contributed by atoms with Crippen LogP contribution >= 0.6 is 0 Å². The summed E-state index contributed by atoms with van der Waals surface area (Å²) in [4.78, 5) is 50.5. The van der Waals surface area contributed by atoms with Gasteiger partial charge in [-0.05, 0) is 57.3 Å². The van der Waals surface area contributed by atoms with Crippen LogP contribution in [0, 0.1) is 11.8 Å². The molecule has 0 aromatic carbocycles. The molecule has 2 N–H and O–H groups in total. The fourth-order valence-electron chi connectivity index (χ4n) is 4.80. The number of esters is 2. The molecule has 0 saturated carbocycles. The lowest BCUT2D eigenvalue weighted by molar-refractivity contribution is -0.156. The molecular formula is C36H64N2O6. The largest absolute Gasteiger partial charge is 0.464 e. The third-order valence-corrected chi connectivity index (χ3v) is 7.68. The average molecular weight is 621 g/mol. The lowest BCUT2D eigenvalue weighted by Crippen LogP contribution is -2.46. The van der Waals surface area contributed by atoms with E-state index in [1.807, 2.05) is 39.8 Å². The van der Waals surface area contributed by atoms with Gasteiger partial charge in [-0.25, -0.2) is 9.59 Å². The van der Waals surface area contributed by atoms with Crippen LogP contribution in [-0.4, -0.2) is 48.5 Å². The second-order valence-corrected chi connectivity index (χ2v) is 12.7. The zero-order valence-electron chi connectivity index (χ0n) is 28.6. The average Bonchev–Trinajstić information content (AvgIpc) is 2.96. The van der Waals surface area contributed by atoms with Crippen LogP contribution in [0.25, 0.3) is 0 Å². The molecular weight excluding hydrogens is 556 g/mol. The minimum atomic E-state index is -0.732. The van der Waals surface area contributed by atoms with Crippen LogP contribution in [-0.2, 0) is 28.7 Å². The SMILES string of the molecule is C=CCCCCCCCCC(=O)NC(C(=O)OCCC(C)OC(=O)C(NC(=O)CCCCCCCCC=C)C(C)C)C(C)C. The highest BCUT2D eigenvalue weighted by Crippen LogP contribution is 2.13. The van der Waals surface area contributed by atoms with E-state index in [0.29, 0.717) is 19.3 Å². The van der Waals surface area contributed by atoms with Crippen molar-refractivity contribution in [1.82, 2.24) is 10.6 Å². The molecule has 0 radical (unpaired) electrons. The highest BCUT2D eigenvalue weighted by atomic mass is 16.6. The molecule has 3 atom stereocenters. The van der Waals surface area contributed by atoms with Crippen molar-refractivity contribution in [1.29, 1.82) is 0 Å². The van der Waals surface area contributed by atoms with E-state index in [1.165, 1.54) is 12.8 Å². The summed E-state index contributed by atoms with van der Waals surface area (Å²) in [6, 6.07) is -1.46. The number of carbonyl (C=O) groups is 4. The predicted octanol–water partition coefficient (Wildman–Crippen LogP) is 7.75. The summed E-state index contributed by atoms with van der Waals surface area (Å²) in [6.07, 6.45) is 19.4. The molecule has 3 unspecified atom stereocenters. The summed E-state index contributed by atoms with van der Waals surface area (Å²) in [5.74, 6) is -1.51. The molecule has 0 bridgehead atoms. The maximum absolute atomic E-state index is 12.8. The Hall–Kier alpha value is -2.64. The van der Waals surface area contributed by atoms with E-state index < -0.39 is 30.1 Å². The first kappa shape index (κ1) is 41.4. The Morgan fingerprint density at radius 3 is 1.39 bits per heavy atom. The zero-order chi connectivity index (χ0) is 33.2. The van der Waals surface area contributed by atoms with Gasteiger partial charge in [0.05, 0.1) is 6.61 Å². The number of ether oxygens (including phenoxy) is 2. The standard InChI is InChI=1S/C36H64N2O6/c1-8-10-12-14-16-18-20-22-24-31(39)37-33(28(3)4)35(41)43-27-26-30(7)44-36(42)34(29(5)6)38-32(40)25-23-21-19-17-15-13-11-9-2/h8-9,28-30,33-34H,1-2,10-27H2,3-7H3,(H,37,39)(H,38,40). The van der Waals surface area contributed by atoms with Gasteiger partial charge in [-0.15, -0.1) is 13.2 Å². The summed E-state index contributed by atoms with van der Waals surface area (Å²) in [5, 5.41) is 5.67. The number of allylic oxidation sites excluding steroid dienone is 2. The number of unbranched alkanes of at least 4 members (excludes halogenated alkanes) is 12. The maximum atomic E-state index is 12.8. The normalized spacial score (nSPS) is 13.2. The summed E-state index contributed by atoms with van der Waals surface area (Å²) in [6.45, 7) is 16.7. The Bertz CT molecular complexity index is 825. The number of hydrogen-bond acceptors (Lipinski definition) is 6. The number of nitrogens with one attached hydrogen (secondary N) is 2. The monoisotopic (exact) mass is 620 g/mol. The molecule has 44 heavy (non-hydrogen) atoms. The Balaban J connectivity index is 4.41. The van der Waals surface area contributed by atoms with Crippen molar-refractivity contribution >= 4 is 23.8 Å². The molecule has 2 amide bonds. The van der Waals surface area contributed by atoms with Crippen LogP contribution in [0.15, 0.2) is 25.3 Å². The van der Waals surface area contributed by atoms with E-state index in [9.17, 15) is 19.2 Å². The zero-order valence-corrected chi connectivity index (χ0v) is 28.6. The molecule has 8 heteroatoms. The molecule has 0 fully saturated rings. The van der Waals surface area contributed by atoms with Crippen LogP contribution in [0.3, 0.4) is 0 Å². The fraction of sp³-hybridized carbons (Fsp3) is 0.778. The van der Waals surface area contributed by atoms with Gasteiger partial charge in [0.2, 0.25) is 11.8 Å². The van der Waals surface area contributed by atoms with Gasteiger partial charge in [0.25, 0.3) is 0 Å². The summed E-state index contributed by atoms with van der Waals surface area (Å²) in [5.41, 5.74) is 0. The van der Waals surface area contributed by atoms with Crippen LogP contribution in [0.5, 0.6) is 0 Å². The molecule has 0 spiro atoms. The third-order valence-electron chi connectivity index (χ3n) is 7.68. The molecule has 0 aliphatic rings. The molecule has 0 heterocycles. The molecule has 0 aromatic heterocycles. The van der Waals surface area contributed by atoms with Crippen molar-refractivity contribution in [3.05, 3.63) is 25.3 Å². The minimum Gasteiger partial charge on any atom is -0.464 e. The lowest BCUT2D eigenvalue weighted by Gasteiger charge is -2.24. The van der Waals surface area contributed by atoms with Crippen molar-refractivity contribution in [3.8, 4) is 0 Å². The van der Waals surface area contributed by atoms with E-state index in [2.05, 4.69) is 23.8 Å². The van der Waals surface area contributed by atoms with Gasteiger partial charge >= 0.3 is 11.9 Å². The van der Waals surface area contributed by atoms with Gasteiger partial charge in [-0.3, -0.25) is 9.59 Å². The number of amides is 2. The lowest BCUT2D eigenvalue weighted by atomic mass is 10.0. The minimum absolute atomic E-state index is 0.0600. The van der Waals surface area contributed by atoms with Gasteiger partial charge in [-0.1, -0.05) is 91.2 Å². The summed E-state index contributed by atoms with van der Waals surface area (Å²) < 4.78 is 11.0. The van der Waals surface area contributed by atoms with E-state index in [1.54, 1.807) is 6.92 Å². The third kappa shape index (κ3) is 22.0. The first-order valence-electron chi connectivity index (χ1n) is 17.2. The number of hydrogen-bond donors (Lipinski definition) is 2. The smallest absolute Gasteiger partial charge is 0.329 e. The Kier molecular flexibility index (Phi) is 25.1. The molecule has 0 saturated heterocycles. The van der Waals surface area contributed by atoms with Gasteiger partial charge < -0.3 is 20.1 Å². The van der Waals surface area contributed by atoms with Crippen LogP contribution < -0.4 is 10.6 Å². The second kappa shape index (κ2) is 26.7. The Morgan fingerprint density at radius 1 is 0.591 bits per heavy atom. The highest BCUT2D eigenvalue weighted by molar-refractivity contribution is 5.85. The molecule has 8 nitrogen and oxygen atoms in total. The maximum Gasteiger partial charge on any atom is 0.329 e.